The number of halogens is 1. The van der Waals surface area contributed by atoms with Gasteiger partial charge in [0.25, 0.3) is 0 Å². The van der Waals surface area contributed by atoms with E-state index < -0.39 is 0 Å². The van der Waals surface area contributed by atoms with Crippen molar-refractivity contribution >= 4 is 28.9 Å². The van der Waals surface area contributed by atoms with Gasteiger partial charge in [0, 0.05) is 22.7 Å². The number of nitrogens with one attached hydrogen (secondary N) is 1. The van der Waals surface area contributed by atoms with Gasteiger partial charge in [-0.05, 0) is 68.1 Å². The van der Waals surface area contributed by atoms with E-state index in [2.05, 4.69) is 27.3 Å². The summed E-state index contributed by atoms with van der Waals surface area (Å²) in [4.78, 5) is 2.22. The Hall–Kier alpha value is -1.66. The van der Waals surface area contributed by atoms with Crippen molar-refractivity contribution in [1.29, 1.82) is 0 Å². The molecule has 2 aromatic rings. The fraction of sp³-hybridized carbons (Fsp3) is 0.550. The van der Waals surface area contributed by atoms with Crippen LogP contribution >= 0.6 is 23.8 Å². The molecule has 4 rings (SSSR count). The van der Waals surface area contributed by atoms with Crippen molar-refractivity contribution < 1.29 is 4.42 Å². The number of thiocarbonyl (C=S) groups is 1. The van der Waals surface area contributed by atoms with E-state index in [-0.39, 0.29) is 0 Å². The quantitative estimate of drug-likeness (QED) is 0.722. The van der Waals surface area contributed by atoms with Crippen molar-refractivity contribution in [2.45, 2.75) is 64.1 Å². The van der Waals surface area contributed by atoms with E-state index in [1.807, 2.05) is 24.3 Å². The first kappa shape index (κ1) is 18.7. The summed E-state index contributed by atoms with van der Waals surface area (Å²) in [6.07, 6.45) is 7.41. The van der Waals surface area contributed by atoms with Crippen molar-refractivity contribution in [2.24, 2.45) is 5.92 Å². The van der Waals surface area contributed by atoms with Gasteiger partial charge in [0.05, 0.1) is 6.54 Å². The lowest BCUT2D eigenvalue weighted by Crippen LogP contribution is -2.48. The molecule has 0 amide bonds. The first-order valence-corrected chi connectivity index (χ1v) is 10.5. The number of benzene rings is 1. The van der Waals surface area contributed by atoms with E-state index in [1.165, 1.54) is 38.5 Å². The molecule has 2 aliphatic rings. The molecule has 2 fully saturated rings. The van der Waals surface area contributed by atoms with Gasteiger partial charge >= 0.3 is 0 Å². The van der Waals surface area contributed by atoms with Crippen molar-refractivity contribution in [3.8, 4) is 11.5 Å². The zero-order valence-electron chi connectivity index (χ0n) is 15.5. The van der Waals surface area contributed by atoms with Crippen LogP contribution < -0.4 is 5.32 Å². The zero-order chi connectivity index (χ0) is 18.8. The van der Waals surface area contributed by atoms with Crippen molar-refractivity contribution in [1.82, 2.24) is 20.4 Å². The van der Waals surface area contributed by atoms with E-state index in [0.29, 0.717) is 41.4 Å². The van der Waals surface area contributed by atoms with Crippen molar-refractivity contribution in [3.63, 3.8) is 0 Å². The average Bonchev–Trinajstić information content (AvgIpc) is 3.40. The molecule has 2 aliphatic carbocycles. The molecule has 0 radical (unpaired) electrons. The SMILES string of the molecule is C[C@@H]1CCCC[C@H]1NC(=S)N(Cc1nnc(-c2ccc(Cl)cc2)o1)C1CC1. The molecule has 2 atom stereocenters. The minimum Gasteiger partial charge on any atom is -0.419 e. The van der Waals surface area contributed by atoms with Crippen LogP contribution in [0.15, 0.2) is 28.7 Å². The van der Waals surface area contributed by atoms with Gasteiger partial charge in [-0.1, -0.05) is 31.4 Å². The summed E-state index contributed by atoms with van der Waals surface area (Å²) in [5.41, 5.74) is 0.868. The molecule has 0 bridgehead atoms. The number of hydrogen-bond acceptors (Lipinski definition) is 4. The van der Waals surface area contributed by atoms with Gasteiger partial charge in [0.1, 0.15) is 0 Å². The Morgan fingerprint density at radius 2 is 1.93 bits per heavy atom. The Morgan fingerprint density at radius 1 is 1.19 bits per heavy atom. The van der Waals surface area contributed by atoms with Crippen LogP contribution in [0.25, 0.3) is 11.5 Å². The first-order valence-electron chi connectivity index (χ1n) is 9.75. The van der Waals surface area contributed by atoms with Crippen LogP contribution in [0.4, 0.5) is 0 Å². The van der Waals surface area contributed by atoms with Gasteiger partial charge in [-0.3, -0.25) is 0 Å². The predicted octanol–water partition coefficient (Wildman–Crippen LogP) is 4.81. The van der Waals surface area contributed by atoms with Crippen LogP contribution in [-0.2, 0) is 6.54 Å². The summed E-state index contributed by atoms with van der Waals surface area (Å²) >= 11 is 11.7. The van der Waals surface area contributed by atoms with Crippen LogP contribution in [-0.4, -0.2) is 32.3 Å². The van der Waals surface area contributed by atoms with Gasteiger partial charge < -0.3 is 14.6 Å². The molecular weight excluding hydrogens is 380 g/mol. The molecule has 1 N–H and O–H groups in total. The fourth-order valence-corrected chi connectivity index (χ4v) is 4.19. The van der Waals surface area contributed by atoms with E-state index in [4.69, 9.17) is 28.2 Å². The molecular formula is C20H25ClN4OS. The average molecular weight is 405 g/mol. The van der Waals surface area contributed by atoms with E-state index in [1.54, 1.807) is 0 Å². The van der Waals surface area contributed by atoms with Crippen LogP contribution in [0, 0.1) is 5.92 Å². The Labute approximate surface area is 170 Å². The molecule has 1 heterocycles. The Kier molecular flexibility index (Phi) is 5.64. The van der Waals surface area contributed by atoms with Gasteiger partial charge in [-0.15, -0.1) is 10.2 Å². The minimum atomic E-state index is 0.472. The van der Waals surface area contributed by atoms with Crippen molar-refractivity contribution in [2.75, 3.05) is 0 Å². The van der Waals surface area contributed by atoms with Crippen LogP contribution in [0.2, 0.25) is 5.02 Å². The number of aromatic nitrogens is 2. The van der Waals surface area contributed by atoms with Crippen molar-refractivity contribution in [3.05, 3.63) is 35.2 Å². The van der Waals surface area contributed by atoms with E-state index in [0.717, 1.165) is 10.7 Å². The summed E-state index contributed by atoms with van der Waals surface area (Å²) in [7, 11) is 0. The maximum absolute atomic E-state index is 5.95. The van der Waals surface area contributed by atoms with Gasteiger partial charge in [-0.25, -0.2) is 0 Å². The topological polar surface area (TPSA) is 54.2 Å². The lowest BCUT2D eigenvalue weighted by atomic mass is 9.86. The van der Waals surface area contributed by atoms with Gasteiger partial charge in [-0.2, -0.15) is 0 Å². The molecule has 1 aromatic heterocycles. The minimum absolute atomic E-state index is 0.472. The highest BCUT2D eigenvalue weighted by Gasteiger charge is 2.33. The number of rotatable bonds is 5. The van der Waals surface area contributed by atoms with Crippen LogP contribution in [0.5, 0.6) is 0 Å². The second-order valence-electron chi connectivity index (χ2n) is 7.68. The summed E-state index contributed by atoms with van der Waals surface area (Å²) < 4.78 is 5.88. The summed E-state index contributed by atoms with van der Waals surface area (Å²) in [6, 6.07) is 8.36. The second kappa shape index (κ2) is 8.15. The molecule has 1 aromatic carbocycles. The predicted molar refractivity (Wildman–Crippen MR) is 110 cm³/mol. The summed E-state index contributed by atoms with van der Waals surface area (Å²) in [6.45, 7) is 2.87. The highest BCUT2D eigenvalue weighted by molar-refractivity contribution is 7.80. The standard InChI is InChI=1S/C20H25ClN4OS/c1-13-4-2-3-5-17(13)22-20(27)25(16-10-11-16)12-18-23-24-19(26-18)14-6-8-15(21)9-7-14/h6-9,13,16-17H,2-5,10-12H2,1H3,(H,22,27)/t13-,17-/m1/s1. The lowest BCUT2D eigenvalue weighted by molar-refractivity contribution is 0.287. The lowest BCUT2D eigenvalue weighted by Gasteiger charge is -2.33. The fourth-order valence-electron chi connectivity index (χ4n) is 3.70. The number of nitrogens with zero attached hydrogens (tertiary/aromatic N) is 3. The smallest absolute Gasteiger partial charge is 0.247 e. The highest BCUT2D eigenvalue weighted by atomic mass is 35.5. The third-order valence-corrected chi connectivity index (χ3v) is 6.14. The molecule has 0 spiro atoms. The number of hydrogen-bond donors (Lipinski definition) is 1. The maximum atomic E-state index is 5.95. The monoisotopic (exact) mass is 404 g/mol. The third-order valence-electron chi connectivity index (χ3n) is 5.53. The highest BCUT2D eigenvalue weighted by Crippen LogP contribution is 2.30. The third kappa shape index (κ3) is 4.61. The summed E-state index contributed by atoms with van der Waals surface area (Å²) in [5.74, 6) is 1.77. The summed E-state index contributed by atoms with van der Waals surface area (Å²) in [5, 5.41) is 13.5. The molecule has 27 heavy (non-hydrogen) atoms. The Balaban J connectivity index is 1.43. The van der Waals surface area contributed by atoms with Crippen LogP contribution in [0.1, 0.15) is 51.3 Å². The first-order chi connectivity index (χ1) is 13.1. The Bertz CT molecular complexity index is 790. The van der Waals surface area contributed by atoms with E-state index in [9.17, 15) is 0 Å². The largest absolute Gasteiger partial charge is 0.419 e. The van der Waals surface area contributed by atoms with E-state index >= 15 is 0 Å². The maximum Gasteiger partial charge on any atom is 0.247 e. The Morgan fingerprint density at radius 3 is 2.63 bits per heavy atom. The molecule has 0 aliphatic heterocycles. The van der Waals surface area contributed by atoms with Gasteiger partial charge in [0.15, 0.2) is 5.11 Å². The molecule has 144 valence electrons. The van der Waals surface area contributed by atoms with Gasteiger partial charge in [0.2, 0.25) is 11.8 Å². The molecule has 5 nitrogen and oxygen atoms in total. The normalized spacial score (nSPS) is 22.4. The molecule has 0 unspecified atom stereocenters. The zero-order valence-corrected chi connectivity index (χ0v) is 17.1. The molecule has 7 heteroatoms. The second-order valence-corrected chi connectivity index (χ2v) is 8.51. The molecule has 2 saturated carbocycles. The molecule has 0 saturated heterocycles. The van der Waals surface area contributed by atoms with Crippen LogP contribution in [0.3, 0.4) is 0 Å².